The fourth-order valence-corrected chi connectivity index (χ4v) is 4.17. The second-order valence-electron chi connectivity index (χ2n) is 7.85. The van der Waals surface area contributed by atoms with Crippen LogP contribution in [0.15, 0.2) is 48.5 Å². The Morgan fingerprint density at radius 2 is 1.65 bits per heavy atom. The van der Waals surface area contributed by atoms with Gasteiger partial charge in [-0.2, -0.15) is 12.7 Å². The summed E-state index contributed by atoms with van der Waals surface area (Å²) >= 11 is 0. The number of nitrogens with one attached hydrogen (secondary N) is 1. The number of carbonyl (C=O) groups is 2. The van der Waals surface area contributed by atoms with Crippen molar-refractivity contribution in [2.24, 2.45) is 0 Å². The van der Waals surface area contributed by atoms with Crippen molar-refractivity contribution >= 4 is 27.7 Å². The second kappa shape index (κ2) is 11.9. The normalized spacial score (nSPS) is 12.3. The molecule has 0 fully saturated rings. The molecule has 0 aliphatic carbocycles. The first-order valence-corrected chi connectivity index (χ1v) is 12.1. The summed E-state index contributed by atoms with van der Waals surface area (Å²) < 4.78 is 55.5. The monoisotopic (exact) mass is 496 g/mol. The van der Waals surface area contributed by atoms with Crippen LogP contribution in [0.2, 0.25) is 0 Å². The van der Waals surface area contributed by atoms with Crippen LogP contribution in [-0.2, 0) is 26.3 Å². The van der Waals surface area contributed by atoms with E-state index in [1.165, 1.54) is 51.4 Å². The zero-order valence-corrected chi connectivity index (χ0v) is 20.5. The third-order valence-electron chi connectivity index (χ3n) is 5.15. The van der Waals surface area contributed by atoms with Crippen molar-refractivity contribution in [2.75, 3.05) is 31.5 Å². The highest BCUT2D eigenvalue weighted by atomic mass is 32.2. The predicted molar refractivity (Wildman–Crippen MR) is 126 cm³/mol. The number of anilines is 1. The molecular formula is C23H30F2N4O4S. The van der Waals surface area contributed by atoms with E-state index in [1.807, 2.05) is 6.92 Å². The quantitative estimate of drug-likeness (QED) is 0.518. The number of benzene rings is 2. The molecule has 2 aromatic carbocycles. The Labute approximate surface area is 199 Å². The molecule has 11 heteroatoms. The Balaban J connectivity index is 2.44. The molecule has 0 spiro atoms. The molecule has 8 nitrogen and oxygen atoms in total. The van der Waals surface area contributed by atoms with Crippen LogP contribution in [0.25, 0.3) is 0 Å². The fraction of sp³-hybridized carbons (Fsp3) is 0.391. The Bertz CT molecular complexity index is 1090. The van der Waals surface area contributed by atoms with Gasteiger partial charge in [0.2, 0.25) is 11.8 Å². The average molecular weight is 497 g/mol. The van der Waals surface area contributed by atoms with Crippen molar-refractivity contribution in [3.8, 4) is 0 Å². The summed E-state index contributed by atoms with van der Waals surface area (Å²) in [5.41, 5.74) is 0.243. The zero-order valence-electron chi connectivity index (χ0n) is 19.7. The van der Waals surface area contributed by atoms with E-state index in [1.54, 1.807) is 6.07 Å². The third-order valence-corrected chi connectivity index (χ3v) is 6.97. The SMILES string of the molecule is CCCNC(=O)C(C)N(Cc1ccccc1F)C(=O)CN(c1ccc(F)cc1)S(=O)(=O)N(C)C. The lowest BCUT2D eigenvalue weighted by Crippen LogP contribution is -2.52. The maximum Gasteiger partial charge on any atom is 0.304 e. The molecule has 1 N–H and O–H groups in total. The minimum absolute atomic E-state index is 0.0670. The van der Waals surface area contributed by atoms with Crippen LogP contribution >= 0.6 is 0 Å². The fourth-order valence-electron chi connectivity index (χ4n) is 3.11. The molecule has 2 aromatic rings. The number of hydrogen-bond acceptors (Lipinski definition) is 4. The van der Waals surface area contributed by atoms with Gasteiger partial charge in [0, 0.05) is 32.7 Å². The smallest absolute Gasteiger partial charge is 0.304 e. The molecule has 1 unspecified atom stereocenters. The molecule has 0 bridgehead atoms. The minimum Gasteiger partial charge on any atom is -0.354 e. The lowest BCUT2D eigenvalue weighted by Gasteiger charge is -2.32. The van der Waals surface area contributed by atoms with E-state index < -0.39 is 46.2 Å². The molecule has 0 heterocycles. The first-order chi connectivity index (χ1) is 16.0. The summed E-state index contributed by atoms with van der Waals surface area (Å²) in [4.78, 5) is 27.2. The second-order valence-corrected chi connectivity index (χ2v) is 9.92. The van der Waals surface area contributed by atoms with E-state index in [2.05, 4.69) is 5.32 Å². The van der Waals surface area contributed by atoms with Crippen LogP contribution in [-0.4, -0.2) is 62.7 Å². The molecule has 2 rings (SSSR count). The van der Waals surface area contributed by atoms with Crippen LogP contribution in [0.1, 0.15) is 25.8 Å². The molecule has 0 aliphatic rings. The Morgan fingerprint density at radius 1 is 1.03 bits per heavy atom. The van der Waals surface area contributed by atoms with Crippen LogP contribution in [0.5, 0.6) is 0 Å². The highest BCUT2D eigenvalue weighted by Crippen LogP contribution is 2.21. The molecule has 0 aromatic heterocycles. The summed E-state index contributed by atoms with van der Waals surface area (Å²) in [6, 6.07) is 9.46. The van der Waals surface area contributed by atoms with Crippen molar-refractivity contribution in [1.82, 2.24) is 14.5 Å². The predicted octanol–water partition coefficient (Wildman–Crippen LogP) is 2.52. The van der Waals surface area contributed by atoms with Gasteiger partial charge in [0.05, 0.1) is 5.69 Å². The van der Waals surface area contributed by atoms with Crippen LogP contribution in [0, 0.1) is 11.6 Å². The van der Waals surface area contributed by atoms with E-state index >= 15 is 0 Å². The summed E-state index contributed by atoms with van der Waals surface area (Å²) in [5.74, 6) is -2.30. The van der Waals surface area contributed by atoms with Crippen molar-refractivity contribution in [1.29, 1.82) is 0 Å². The number of nitrogens with zero attached hydrogens (tertiary/aromatic N) is 3. The molecule has 1 atom stereocenters. The lowest BCUT2D eigenvalue weighted by molar-refractivity contribution is -0.139. The molecule has 0 radical (unpaired) electrons. The topological polar surface area (TPSA) is 90.0 Å². The maximum atomic E-state index is 14.4. The van der Waals surface area contributed by atoms with Crippen LogP contribution in [0.3, 0.4) is 0 Å². The minimum atomic E-state index is -4.15. The largest absolute Gasteiger partial charge is 0.354 e. The van der Waals surface area contributed by atoms with Gasteiger partial charge < -0.3 is 10.2 Å². The zero-order chi connectivity index (χ0) is 25.5. The molecule has 0 aliphatic heterocycles. The van der Waals surface area contributed by atoms with Gasteiger partial charge >= 0.3 is 10.2 Å². The van der Waals surface area contributed by atoms with Crippen molar-refractivity contribution in [3.05, 3.63) is 65.7 Å². The van der Waals surface area contributed by atoms with E-state index in [9.17, 15) is 26.8 Å². The Kier molecular flexibility index (Phi) is 9.51. The Morgan fingerprint density at radius 3 is 2.21 bits per heavy atom. The number of rotatable bonds is 11. The van der Waals surface area contributed by atoms with Crippen LogP contribution in [0.4, 0.5) is 14.5 Å². The Hall–Kier alpha value is -3.05. The van der Waals surface area contributed by atoms with Gasteiger partial charge in [0.25, 0.3) is 0 Å². The summed E-state index contributed by atoms with van der Waals surface area (Å²) in [6.45, 7) is 2.84. The van der Waals surface area contributed by atoms with Crippen LogP contribution < -0.4 is 9.62 Å². The van der Waals surface area contributed by atoms with E-state index in [-0.39, 0.29) is 17.8 Å². The number of amides is 2. The first kappa shape index (κ1) is 27.2. The maximum absolute atomic E-state index is 14.4. The standard InChI is InChI=1S/C23H30F2N4O4S/c1-5-14-26-23(31)17(2)28(15-18-8-6-7-9-21(18)25)22(30)16-29(34(32,33)27(3)4)20-12-10-19(24)11-13-20/h6-13,17H,5,14-16H2,1-4H3,(H,26,31). The van der Waals surface area contributed by atoms with Crippen molar-refractivity contribution < 1.29 is 26.8 Å². The van der Waals surface area contributed by atoms with Gasteiger partial charge in [0.1, 0.15) is 24.2 Å². The number of hydrogen-bond donors (Lipinski definition) is 1. The summed E-state index contributed by atoms with van der Waals surface area (Å²) in [6.07, 6.45) is 0.680. The van der Waals surface area contributed by atoms with Gasteiger partial charge in [-0.25, -0.2) is 13.1 Å². The highest BCUT2D eigenvalue weighted by molar-refractivity contribution is 7.90. The molecule has 0 saturated carbocycles. The highest BCUT2D eigenvalue weighted by Gasteiger charge is 2.32. The van der Waals surface area contributed by atoms with Gasteiger partial charge in [-0.15, -0.1) is 0 Å². The van der Waals surface area contributed by atoms with E-state index in [0.29, 0.717) is 13.0 Å². The van der Waals surface area contributed by atoms with Crippen molar-refractivity contribution in [2.45, 2.75) is 32.9 Å². The summed E-state index contributed by atoms with van der Waals surface area (Å²) in [7, 11) is -1.55. The average Bonchev–Trinajstić information content (AvgIpc) is 2.80. The van der Waals surface area contributed by atoms with E-state index in [4.69, 9.17) is 0 Å². The molecule has 2 amide bonds. The lowest BCUT2D eigenvalue weighted by atomic mass is 10.1. The molecule has 0 saturated heterocycles. The first-order valence-electron chi connectivity index (χ1n) is 10.7. The van der Waals surface area contributed by atoms with Gasteiger partial charge in [-0.1, -0.05) is 25.1 Å². The van der Waals surface area contributed by atoms with Gasteiger partial charge in [-0.3, -0.25) is 9.59 Å². The van der Waals surface area contributed by atoms with Crippen molar-refractivity contribution in [3.63, 3.8) is 0 Å². The summed E-state index contributed by atoms with van der Waals surface area (Å²) in [5, 5.41) is 2.70. The molecule has 186 valence electrons. The van der Waals surface area contributed by atoms with Gasteiger partial charge in [0.15, 0.2) is 0 Å². The third kappa shape index (κ3) is 6.73. The number of carbonyl (C=O) groups excluding carboxylic acids is 2. The molecular weight excluding hydrogens is 466 g/mol. The van der Waals surface area contributed by atoms with E-state index in [0.717, 1.165) is 25.6 Å². The van der Waals surface area contributed by atoms with Gasteiger partial charge in [-0.05, 0) is 43.7 Å². The number of halogens is 2. The molecule has 34 heavy (non-hydrogen) atoms.